The van der Waals surface area contributed by atoms with Gasteiger partial charge in [0.05, 0.1) is 5.69 Å². The van der Waals surface area contributed by atoms with E-state index in [9.17, 15) is 8.78 Å². The average Bonchev–Trinajstić information content (AvgIpc) is 2.65. The number of nitrogen functional groups attached to an aromatic ring is 1. The Balaban J connectivity index is 2.35. The van der Waals surface area contributed by atoms with E-state index in [0.29, 0.717) is 17.1 Å². The summed E-state index contributed by atoms with van der Waals surface area (Å²) in [6.07, 6.45) is 0.513. The first-order valence-electron chi connectivity index (χ1n) is 5.97. The van der Waals surface area contributed by atoms with Gasteiger partial charge in [-0.2, -0.15) is 0 Å². The molecular formula is C14H16F2N2S. The van der Waals surface area contributed by atoms with Crippen LogP contribution in [-0.4, -0.2) is 4.98 Å². The van der Waals surface area contributed by atoms with Crippen molar-refractivity contribution >= 4 is 16.5 Å². The van der Waals surface area contributed by atoms with Crippen LogP contribution in [0.4, 0.5) is 13.9 Å². The fraction of sp³-hybridized carbons (Fsp3) is 0.357. The molecule has 0 fully saturated rings. The summed E-state index contributed by atoms with van der Waals surface area (Å²) < 4.78 is 26.1. The maximum absolute atomic E-state index is 13.2. The van der Waals surface area contributed by atoms with Crippen molar-refractivity contribution < 1.29 is 8.78 Å². The third-order valence-corrected chi connectivity index (χ3v) is 3.66. The summed E-state index contributed by atoms with van der Waals surface area (Å²) in [7, 11) is 0. The molecule has 2 aromatic rings. The van der Waals surface area contributed by atoms with Crippen molar-refractivity contribution in [2.45, 2.75) is 32.6 Å². The summed E-state index contributed by atoms with van der Waals surface area (Å²) in [5, 5.41) is 0.502. The van der Waals surface area contributed by atoms with E-state index in [1.807, 2.05) is 0 Å². The molecule has 0 saturated heterocycles. The van der Waals surface area contributed by atoms with Gasteiger partial charge in [-0.05, 0) is 17.7 Å². The molecule has 2 nitrogen and oxygen atoms in total. The van der Waals surface area contributed by atoms with Crippen molar-refractivity contribution in [3.05, 3.63) is 46.0 Å². The number of anilines is 1. The number of halogens is 2. The zero-order chi connectivity index (χ0) is 14.2. The summed E-state index contributed by atoms with van der Waals surface area (Å²) in [6.45, 7) is 6.16. The van der Waals surface area contributed by atoms with Gasteiger partial charge in [-0.3, -0.25) is 0 Å². The Bertz CT molecular complexity index is 600. The van der Waals surface area contributed by atoms with Gasteiger partial charge >= 0.3 is 0 Å². The minimum absolute atomic E-state index is 0.123. The van der Waals surface area contributed by atoms with Gasteiger partial charge in [0.1, 0.15) is 0 Å². The van der Waals surface area contributed by atoms with Crippen LogP contribution in [0.1, 0.15) is 36.9 Å². The highest BCUT2D eigenvalue weighted by Gasteiger charge is 2.22. The smallest absolute Gasteiger partial charge is 0.180 e. The molecular weight excluding hydrogens is 266 g/mol. The summed E-state index contributed by atoms with van der Waals surface area (Å²) in [4.78, 5) is 5.34. The quantitative estimate of drug-likeness (QED) is 0.907. The lowest BCUT2D eigenvalue weighted by Crippen LogP contribution is -2.14. The second-order valence-electron chi connectivity index (χ2n) is 5.50. The van der Waals surface area contributed by atoms with Gasteiger partial charge in [-0.15, -0.1) is 11.3 Å². The van der Waals surface area contributed by atoms with Gasteiger partial charge < -0.3 is 5.73 Å². The summed E-state index contributed by atoms with van der Waals surface area (Å²) in [5.41, 5.74) is 7.27. The third kappa shape index (κ3) is 3.10. The molecule has 0 atom stereocenters. The van der Waals surface area contributed by atoms with Crippen LogP contribution in [0.3, 0.4) is 0 Å². The molecule has 2 N–H and O–H groups in total. The molecule has 0 aliphatic heterocycles. The van der Waals surface area contributed by atoms with Gasteiger partial charge in [-0.1, -0.05) is 26.8 Å². The van der Waals surface area contributed by atoms with Crippen molar-refractivity contribution in [1.82, 2.24) is 4.98 Å². The largest absolute Gasteiger partial charge is 0.375 e. The molecule has 0 aliphatic rings. The van der Waals surface area contributed by atoms with E-state index in [4.69, 9.17) is 5.73 Å². The number of hydrogen-bond donors (Lipinski definition) is 1. The Labute approximate surface area is 115 Å². The zero-order valence-corrected chi connectivity index (χ0v) is 11.9. The van der Waals surface area contributed by atoms with Crippen LogP contribution in [0.5, 0.6) is 0 Å². The summed E-state index contributed by atoms with van der Waals surface area (Å²) >= 11 is 1.40. The van der Waals surface area contributed by atoms with Crippen molar-refractivity contribution in [2.75, 3.05) is 5.73 Å². The number of nitrogens with two attached hydrogens (primary N) is 1. The van der Waals surface area contributed by atoms with Crippen LogP contribution >= 0.6 is 11.3 Å². The maximum Gasteiger partial charge on any atom is 0.180 e. The number of nitrogens with zero attached hydrogens (tertiary/aromatic N) is 1. The lowest BCUT2D eigenvalue weighted by Gasteiger charge is -2.17. The molecule has 0 saturated carbocycles. The fourth-order valence-corrected chi connectivity index (χ4v) is 2.99. The van der Waals surface area contributed by atoms with Crippen molar-refractivity contribution in [3.63, 3.8) is 0 Å². The van der Waals surface area contributed by atoms with Crippen LogP contribution in [0.15, 0.2) is 18.2 Å². The first-order valence-corrected chi connectivity index (χ1v) is 6.78. The number of hydrogen-bond acceptors (Lipinski definition) is 3. The monoisotopic (exact) mass is 282 g/mol. The molecule has 0 amide bonds. The van der Waals surface area contributed by atoms with Crippen LogP contribution in [0, 0.1) is 11.6 Å². The van der Waals surface area contributed by atoms with Gasteiger partial charge in [0.25, 0.3) is 0 Å². The number of benzene rings is 1. The molecule has 19 heavy (non-hydrogen) atoms. The number of thiazole rings is 1. The molecule has 1 aromatic carbocycles. The highest BCUT2D eigenvalue weighted by atomic mass is 32.1. The summed E-state index contributed by atoms with van der Waals surface area (Å²) in [5.74, 6) is -1.66. The molecule has 5 heteroatoms. The van der Waals surface area contributed by atoms with E-state index >= 15 is 0 Å². The Morgan fingerprint density at radius 2 is 1.89 bits per heavy atom. The fourth-order valence-electron chi connectivity index (χ4n) is 1.91. The van der Waals surface area contributed by atoms with Crippen molar-refractivity contribution in [3.8, 4) is 0 Å². The predicted octanol–water partition coefficient (Wildman–Crippen LogP) is 3.89. The molecule has 0 spiro atoms. The molecule has 0 aliphatic carbocycles. The molecule has 2 rings (SSSR count). The van der Waals surface area contributed by atoms with E-state index < -0.39 is 11.6 Å². The summed E-state index contributed by atoms with van der Waals surface area (Å²) in [6, 6.07) is 3.95. The average molecular weight is 282 g/mol. The lowest BCUT2D eigenvalue weighted by molar-refractivity contribution is 0.507. The van der Waals surface area contributed by atoms with Crippen LogP contribution in [0.25, 0.3) is 0 Å². The van der Waals surface area contributed by atoms with E-state index in [-0.39, 0.29) is 5.41 Å². The minimum Gasteiger partial charge on any atom is -0.375 e. The highest BCUT2D eigenvalue weighted by Crippen LogP contribution is 2.32. The normalized spacial score (nSPS) is 11.8. The second kappa shape index (κ2) is 4.89. The number of aromatic nitrogens is 1. The van der Waals surface area contributed by atoms with Crippen molar-refractivity contribution in [2.24, 2.45) is 0 Å². The lowest BCUT2D eigenvalue weighted by atomic mass is 9.90. The first-order chi connectivity index (χ1) is 8.77. The Morgan fingerprint density at radius 3 is 2.47 bits per heavy atom. The molecule has 0 bridgehead atoms. The Hall–Kier alpha value is -1.49. The van der Waals surface area contributed by atoms with Gasteiger partial charge in [0, 0.05) is 16.7 Å². The second-order valence-corrected chi connectivity index (χ2v) is 6.61. The van der Waals surface area contributed by atoms with Crippen molar-refractivity contribution in [1.29, 1.82) is 0 Å². The molecule has 102 valence electrons. The standard InChI is InChI=1S/C14H16F2N2S/c1-14(2,3)12-11(19-13(17)18-12)7-8-4-5-9(15)10(16)6-8/h4-6H,7H2,1-3H3,(H2,17,18). The molecule has 1 aromatic heterocycles. The molecule has 0 radical (unpaired) electrons. The molecule has 0 unspecified atom stereocenters. The maximum atomic E-state index is 13.2. The van der Waals surface area contributed by atoms with E-state index in [2.05, 4.69) is 25.8 Å². The van der Waals surface area contributed by atoms with Gasteiger partial charge in [0.15, 0.2) is 16.8 Å². The van der Waals surface area contributed by atoms with E-state index in [1.165, 1.54) is 17.4 Å². The SMILES string of the molecule is CC(C)(C)c1nc(N)sc1Cc1ccc(F)c(F)c1. The Morgan fingerprint density at radius 1 is 1.21 bits per heavy atom. The highest BCUT2D eigenvalue weighted by molar-refractivity contribution is 7.15. The van der Waals surface area contributed by atoms with Gasteiger partial charge in [0.2, 0.25) is 0 Å². The number of rotatable bonds is 2. The zero-order valence-electron chi connectivity index (χ0n) is 11.1. The molecule has 1 heterocycles. The first kappa shape index (κ1) is 13.9. The van der Waals surface area contributed by atoms with Crippen LogP contribution in [-0.2, 0) is 11.8 Å². The third-order valence-electron chi connectivity index (χ3n) is 2.77. The Kier molecular flexibility index (Phi) is 3.58. The van der Waals surface area contributed by atoms with E-state index in [1.54, 1.807) is 6.07 Å². The van der Waals surface area contributed by atoms with Crippen LogP contribution in [0.2, 0.25) is 0 Å². The van der Waals surface area contributed by atoms with Crippen LogP contribution < -0.4 is 5.73 Å². The van der Waals surface area contributed by atoms with E-state index in [0.717, 1.165) is 16.6 Å². The minimum atomic E-state index is -0.830. The predicted molar refractivity (Wildman–Crippen MR) is 74.4 cm³/mol. The van der Waals surface area contributed by atoms with Gasteiger partial charge in [-0.25, -0.2) is 13.8 Å². The topological polar surface area (TPSA) is 38.9 Å².